The average molecular weight is 319 g/mol. The topological polar surface area (TPSA) is 67.2 Å². The molecule has 0 atom stereocenters. The van der Waals surface area contributed by atoms with Crippen molar-refractivity contribution in [3.63, 3.8) is 0 Å². The molecule has 0 fully saturated rings. The predicted molar refractivity (Wildman–Crippen MR) is 75.9 cm³/mol. The Bertz CT molecular complexity index is 613. The molecule has 0 saturated heterocycles. The highest BCUT2D eigenvalue weighted by Crippen LogP contribution is 2.12. The number of benzene rings is 1. The minimum absolute atomic E-state index is 0.230. The van der Waals surface area contributed by atoms with Crippen molar-refractivity contribution >= 4 is 27.5 Å². The van der Waals surface area contributed by atoms with Crippen molar-refractivity contribution in [2.75, 3.05) is 0 Å². The molecule has 96 valence electrons. The summed E-state index contributed by atoms with van der Waals surface area (Å²) in [5.41, 5.74) is 4.31. The van der Waals surface area contributed by atoms with Crippen molar-refractivity contribution in [1.82, 2.24) is 15.4 Å². The number of nitrogens with one attached hydrogen (secondary N) is 1. The van der Waals surface area contributed by atoms with Gasteiger partial charge in [0.1, 0.15) is 5.69 Å². The number of hydrogen-bond acceptors (Lipinski definition) is 4. The molecule has 1 amide bonds. The SMILES string of the molecule is C/C(=N\NC(=O)c1cnccn1)c1cccc(Br)c1. The zero-order valence-corrected chi connectivity index (χ0v) is 11.8. The third kappa shape index (κ3) is 3.69. The maximum Gasteiger partial charge on any atom is 0.291 e. The summed E-state index contributed by atoms with van der Waals surface area (Å²) in [4.78, 5) is 19.4. The largest absolute Gasteiger partial charge is 0.291 e. The standard InChI is InChI=1S/C13H11BrN4O/c1-9(10-3-2-4-11(14)7-10)17-18-13(19)12-8-15-5-6-16-12/h2-8H,1H3,(H,18,19)/b17-9+. The fraction of sp³-hybridized carbons (Fsp3) is 0.0769. The van der Waals surface area contributed by atoms with Crippen LogP contribution in [0.5, 0.6) is 0 Å². The van der Waals surface area contributed by atoms with Crippen molar-refractivity contribution in [1.29, 1.82) is 0 Å². The lowest BCUT2D eigenvalue weighted by molar-refractivity contribution is 0.0949. The number of nitrogens with zero attached hydrogens (tertiary/aromatic N) is 3. The van der Waals surface area contributed by atoms with E-state index >= 15 is 0 Å². The van der Waals surface area contributed by atoms with E-state index in [2.05, 4.69) is 36.4 Å². The molecule has 0 saturated carbocycles. The number of carbonyl (C=O) groups is 1. The fourth-order valence-corrected chi connectivity index (χ4v) is 1.79. The summed E-state index contributed by atoms with van der Waals surface area (Å²) in [6.45, 7) is 1.82. The summed E-state index contributed by atoms with van der Waals surface area (Å²) < 4.78 is 0.958. The monoisotopic (exact) mass is 318 g/mol. The van der Waals surface area contributed by atoms with E-state index in [1.54, 1.807) is 0 Å². The maximum absolute atomic E-state index is 11.7. The van der Waals surface area contributed by atoms with Crippen LogP contribution in [0.1, 0.15) is 23.0 Å². The number of hydrogen-bond donors (Lipinski definition) is 1. The summed E-state index contributed by atoms with van der Waals surface area (Å²) in [6.07, 6.45) is 4.35. The first-order chi connectivity index (χ1) is 9.16. The Kier molecular flexibility index (Phi) is 4.35. The molecule has 0 bridgehead atoms. The highest BCUT2D eigenvalue weighted by atomic mass is 79.9. The Morgan fingerprint density at radius 1 is 1.37 bits per heavy atom. The van der Waals surface area contributed by atoms with Crippen molar-refractivity contribution in [2.24, 2.45) is 5.10 Å². The highest BCUT2D eigenvalue weighted by molar-refractivity contribution is 9.10. The van der Waals surface area contributed by atoms with Gasteiger partial charge in [0.05, 0.1) is 11.9 Å². The predicted octanol–water partition coefficient (Wildman–Crippen LogP) is 2.39. The molecule has 0 spiro atoms. The lowest BCUT2D eigenvalue weighted by atomic mass is 10.1. The molecule has 19 heavy (non-hydrogen) atoms. The summed E-state index contributed by atoms with van der Waals surface area (Å²) in [5.74, 6) is -0.387. The molecular formula is C13H11BrN4O. The average Bonchev–Trinajstić information content (AvgIpc) is 2.45. The number of hydrazone groups is 1. The second-order valence-corrected chi connectivity index (χ2v) is 4.65. The van der Waals surface area contributed by atoms with Gasteiger partial charge < -0.3 is 0 Å². The first-order valence-corrected chi connectivity index (χ1v) is 6.32. The molecule has 1 aromatic carbocycles. The number of halogens is 1. The van der Waals surface area contributed by atoms with Crippen LogP contribution in [0.3, 0.4) is 0 Å². The van der Waals surface area contributed by atoms with Crippen LogP contribution in [-0.4, -0.2) is 21.6 Å². The van der Waals surface area contributed by atoms with E-state index in [0.29, 0.717) is 5.71 Å². The van der Waals surface area contributed by atoms with Crippen LogP contribution in [0.4, 0.5) is 0 Å². The van der Waals surface area contributed by atoms with Crippen molar-refractivity contribution in [2.45, 2.75) is 6.92 Å². The molecule has 0 aliphatic heterocycles. The molecule has 1 aromatic heterocycles. The van der Waals surface area contributed by atoms with Crippen LogP contribution in [0.2, 0.25) is 0 Å². The first kappa shape index (κ1) is 13.4. The van der Waals surface area contributed by atoms with Gasteiger partial charge in [-0.25, -0.2) is 10.4 Å². The molecule has 0 radical (unpaired) electrons. The Labute approximate surface area is 118 Å². The third-order valence-corrected chi connectivity index (χ3v) is 2.86. The summed E-state index contributed by atoms with van der Waals surface area (Å²) in [6, 6.07) is 7.67. The van der Waals surface area contributed by atoms with Gasteiger partial charge in [0.15, 0.2) is 0 Å². The molecule has 1 N–H and O–H groups in total. The molecule has 0 unspecified atom stereocenters. The van der Waals surface area contributed by atoms with E-state index in [1.807, 2.05) is 31.2 Å². The van der Waals surface area contributed by atoms with Crippen molar-refractivity contribution < 1.29 is 4.79 Å². The van der Waals surface area contributed by atoms with Gasteiger partial charge in [-0.15, -0.1) is 0 Å². The Hall–Kier alpha value is -2.08. The summed E-state index contributed by atoms with van der Waals surface area (Å²) in [5, 5.41) is 4.04. The van der Waals surface area contributed by atoms with Gasteiger partial charge in [0.25, 0.3) is 5.91 Å². The smallest absolute Gasteiger partial charge is 0.265 e. The van der Waals surface area contributed by atoms with Crippen LogP contribution in [0, 0.1) is 0 Å². The molecule has 0 aliphatic carbocycles. The van der Waals surface area contributed by atoms with E-state index in [1.165, 1.54) is 18.6 Å². The van der Waals surface area contributed by atoms with E-state index in [4.69, 9.17) is 0 Å². The molecular weight excluding hydrogens is 308 g/mol. The second kappa shape index (κ2) is 6.19. The Morgan fingerprint density at radius 2 is 2.21 bits per heavy atom. The van der Waals surface area contributed by atoms with Crippen LogP contribution < -0.4 is 5.43 Å². The van der Waals surface area contributed by atoms with E-state index in [0.717, 1.165) is 10.0 Å². The zero-order chi connectivity index (χ0) is 13.7. The summed E-state index contributed by atoms with van der Waals surface area (Å²) >= 11 is 3.39. The minimum Gasteiger partial charge on any atom is -0.265 e. The maximum atomic E-state index is 11.7. The van der Waals surface area contributed by atoms with Gasteiger partial charge in [-0.1, -0.05) is 28.1 Å². The van der Waals surface area contributed by atoms with Crippen LogP contribution in [0.15, 0.2) is 52.4 Å². The molecule has 1 heterocycles. The molecule has 2 aromatic rings. The Morgan fingerprint density at radius 3 is 2.89 bits per heavy atom. The summed E-state index contributed by atoms with van der Waals surface area (Å²) in [7, 11) is 0. The van der Waals surface area contributed by atoms with Crippen molar-refractivity contribution in [3.8, 4) is 0 Å². The van der Waals surface area contributed by atoms with Gasteiger partial charge >= 0.3 is 0 Å². The number of rotatable bonds is 3. The lowest BCUT2D eigenvalue weighted by Crippen LogP contribution is -2.20. The minimum atomic E-state index is -0.387. The van der Waals surface area contributed by atoms with Crippen LogP contribution in [0.25, 0.3) is 0 Å². The lowest BCUT2D eigenvalue weighted by Gasteiger charge is -2.02. The molecule has 2 rings (SSSR count). The zero-order valence-electron chi connectivity index (χ0n) is 10.2. The number of amides is 1. The van der Waals surface area contributed by atoms with E-state index in [-0.39, 0.29) is 11.6 Å². The van der Waals surface area contributed by atoms with Gasteiger partial charge in [0, 0.05) is 16.9 Å². The van der Waals surface area contributed by atoms with Gasteiger partial charge in [-0.3, -0.25) is 9.78 Å². The van der Waals surface area contributed by atoms with Crippen molar-refractivity contribution in [3.05, 3.63) is 58.6 Å². The van der Waals surface area contributed by atoms with Gasteiger partial charge in [0.2, 0.25) is 0 Å². The fourth-order valence-electron chi connectivity index (χ4n) is 1.39. The third-order valence-electron chi connectivity index (χ3n) is 2.36. The van der Waals surface area contributed by atoms with E-state index in [9.17, 15) is 4.79 Å². The number of carbonyl (C=O) groups excluding carboxylic acids is 1. The normalized spacial score (nSPS) is 11.2. The first-order valence-electron chi connectivity index (χ1n) is 5.53. The number of aromatic nitrogens is 2. The quantitative estimate of drug-likeness (QED) is 0.698. The van der Waals surface area contributed by atoms with Gasteiger partial charge in [-0.05, 0) is 24.6 Å². The van der Waals surface area contributed by atoms with Crippen LogP contribution in [-0.2, 0) is 0 Å². The highest BCUT2D eigenvalue weighted by Gasteiger charge is 2.05. The molecule has 0 aliphatic rings. The van der Waals surface area contributed by atoms with E-state index < -0.39 is 0 Å². The second-order valence-electron chi connectivity index (χ2n) is 3.74. The Balaban J connectivity index is 2.09. The van der Waals surface area contributed by atoms with Crippen LogP contribution >= 0.6 is 15.9 Å². The van der Waals surface area contributed by atoms with Gasteiger partial charge in [-0.2, -0.15) is 5.10 Å². The molecule has 6 heteroatoms. The molecule has 5 nitrogen and oxygen atoms in total.